The van der Waals surface area contributed by atoms with Crippen LogP contribution in [0, 0.1) is 13.8 Å². The summed E-state index contributed by atoms with van der Waals surface area (Å²) < 4.78 is 4.72. The first-order valence-electron chi connectivity index (χ1n) is 7.21. The monoisotopic (exact) mass is 291 g/mol. The van der Waals surface area contributed by atoms with E-state index in [2.05, 4.69) is 10.2 Å². The number of nitrogens with zero attached hydrogens (tertiary/aromatic N) is 3. The van der Waals surface area contributed by atoms with Crippen LogP contribution in [0.4, 0.5) is 0 Å². The quantitative estimate of drug-likeness (QED) is 0.789. The molecule has 0 atom stereocenters. The van der Waals surface area contributed by atoms with E-state index in [4.69, 9.17) is 4.74 Å². The number of carbonyl (C=O) groups is 2. The molecule has 0 unspecified atom stereocenters. The molecule has 1 amide bonds. The minimum atomic E-state index is -0.397. The van der Waals surface area contributed by atoms with Gasteiger partial charge in [0.2, 0.25) is 0 Å². The highest BCUT2D eigenvalue weighted by molar-refractivity contribution is 5.97. The molecular formula is C15H21N3O3. The largest absolute Gasteiger partial charge is 0.468 e. The van der Waals surface area contributed by atoms with Crippen LogP contribution in [0.25, 0.3) is 0 Å². The Morgan fingerprint density at radius 3 is 2.57 bits per heavy atom. The number of esters is 1. The number of aromatic nitrogens is 2. The fraction of sp³-hybridized carbons (Fsp3) is 0.600. The van der Waals surface area contributed by atoms with Crippen molar-refractivity contribution in [1.82, 2.24) is 15.1 Å². The molecule has 1 aromatic rings. The minimum absolute atomic E-state index is 0.0131. The van der Waals surface area contributed by atoms with Gasteiger partial charge in [-0.1, -0.05) is 12.8 Å². The average Bonchev–Trinajstić information content (AvgIpc) is 3.00. The van der Waals surface area contributed by atoms with Crippen molar-refractivity contribution in [2.45, 2.75) is 45.6 Å². The minimum Gasteiger partial charge on any atom is -0.468 e. The van der Waals surface area contributed by atoms with Crippen LogP contribution in [0.2, 0.25) is 0 Å². The molecule has 1 saturated carbocycles. The predicted molar refractivity (Wildman–Crippen MR) is 76.8 cm³/mol. The summed E-state index contributed by atoms with van der Waals surface area (Å²) in [4.78, 5) is 26.1. The molecule has 0 spiro atoms. The van der Waals surface area contributed by atoms with Crippen LogP contribution in [0.3, 0.4) is 0 Å². The Kier molecular flexibility index (Phi) is 4.88. The summed E-state index contributed by atoms with van der Waals surface area (Å²) in [6, 6.07) is 1.83. The molecule has 0 bridgehead atoms. The molecule has 0 saturated heterocycles. The fourth-order valence-corrected chi connectivity index (χ4v) is 2.71. The molecule has 1 aliphatic rings. The summed E-state index contributed by atoms with van der Waals surface area (Å²) in [7, 11) is 1.34. The van der Waals surface area contributed by atoms with E-state index in [9.17, 15) is 9.59 Å². The average molecular weight is 291 g/mol. The van der Waals surface area contributed by atoms with E-state index in [0.29, 0.717) is 17.0 Å². The van der Waals surface area contributed by atoms with Crippen molar-refractivity contribution >= 4 is 11.9 Å². The van der Waals surface area contributed by atoms with Crippen molar-refractivity contribution in [1.29, 1.82) is 0 Å². The van der Waals surface area contributed by atoms with Gasteiger partial charge < -0.3 is 9.64 Å². The van der Waals surface area contributed by atoms with Crippen LogP contribution >= 0.6 is 0 Å². The van der Waals surface area contributed by atoms with Gasteiger partial charge >= 0.3 is 5.97 Å². The highest BCUT2D eigenvalue weighted by Crippen LogP contribution is 2.25. The lowest BCUT2D eigenvalue weighted by atomic mass is 10.1. The molecule has 6 nitrogen and oxygen atoms in total. The van der Waals surface area contributed by atoms with E-state index in [1.165, 1.54) is 7.11 Å². The maximum Gasteiger partial charge on any atom is 0.325 e. The number of ether oxygens (including phenoxy) is 1. The van der Waals surface area contributed by atoms with E-state index >= 15 is 0 Å². The first-order chi connectivity index (χ1) is 10.0. The second-order valence-electron chi connectivity index (χ2n) is 5.43. The molecular weight excluding hydrogens is 270 g/mol. The third kappa shape index (κ3) is 3.56. The first kappa shape index (κ1) is 15.4. The normalized spacial score (nSPS) is 15.0. The van der Waals surface area contributed by atoms with Crippen molar-refractivity contribution < 1.29 is 14.3 Å². The lowest BCUT2D eigenvalue weighted by Crippen LogP contribution is -2.43. The van der Waals surface area contributed by atoms with Gasteiger partial charge in [0.1, 0.15) is 6.54 Å². The SMILES string of the molecule is COC(=O)CN(C(=O)c1cc(C)nnc1C)C1CCCC1. The summed E-state index contributed by atoms with van der Waals surface area (Å²) in [5.41, 5.74) is 1.78. The number of rotatable bonds is 4. The third-order valence-electron chi connectivity index (χ3n) is 3.88. The van der Waals surface area contributed by atoms with Crippen molar-refractivity contribution in [3.63, 3.8) is 0 Å². The standard InChI is InChI=1S/C15H21N3O3/c1-10-8-13(11(2)17-16-10)15(20)18(9-14(19)21-3)12-6-4-5-7-12/h8,12H,4-7,9H2,1-3H3. The summed E-state index contributed by atoms with van der Waals surface area (Å²) in [5.74, 6) is -0.561. The molecule has 0 aromatic carbocycles. The zero-order valence-electron chi connectivity index (χ0n) is 12.8. The van der Waals surface area contributed by atoms with Gasteiger partial charge in [0, 0.05) is 6.04 Å². The molecule has 1 aromatic heterocycles. The second-order valence-corrected chi connectivity index (χ2v) is 5.43. The number of hydrogen-bond acceptors (Lipinski definition) is 5. The number of amides is 1. The summed E-state index contributed by atoms with van der Waals surface area (Å²) in [6.45, 7) is 3.54. The molecule has 1 aliphatic carbocycles. The van der Waals surface area contributed by atoms with Crippen molar-refractivity contribution in [3.8, 4) is 0 Å². The van der Waals surface area contributed by atoms with Gasteiger partial charge in [0.25, 0.3) is 5.91 Å². The fourth-order valence-electron chi connectivity index (χ4n) is 2.71. The Hall–Kier alpha value is -1.98. The van der Waals surface area contributed by atoms with E-state index < -0.39 is 5.97 Å². The van der Waals surface area contributed by atoms with Crippen LogP contribution in [0.5, 0.6) is 0 Å². The van der Waals surface area contributed by atoms with Gasteiger partial charge in [-0.15, -0.1) is 0 Å². The second kappa shape index (κ2) is 6.65. The smallest absolute Gasteiger partial charge is 0.325 e. The molecule has 1 heterocycles. The summed E-state index contributed by atoms with van der Waals surface area (Å²) in [5, 5.41) is 7.94. The van der Waals surface area contributed by atoms with E-state index in [-0.39, 0.29) is 18.5 Å². The van der Waals surface area contributed by atoms with E-state index in [0.717, 1.165) is 25.7 Å². The third-order valence-corrected chi connectivity index (χ3v) is 3.88. The van der Waals surface area contributed by atoms with Crippen LogP contribution in [-0.2, 0) is 9.53 Å². The predicted octanol–water partition coefficient (Wildman–Crippen LogP) is 1.65. The highest BCUT2D eigenvalue weighted by Gasteiger charge is 2.30. The molecule has 21 heavy (non-hydrogen) atoms. The van der Waals surface area contributed by atoms with Crippen molar-refractivity contribution in [3.05, 3.63) is 23.0 Å². The first-order valence-corrected chi connectivity index (χ1v) is 7.21. The topological polar surface area (TPSA) is 72.4 Å². The molecule has 1 fully saturated rings. The zero-order chi connectivity index (χ0) is 15.4. The number of carbonyl (C=O) groups excluding carboxylic acids is 2. The Bertz CT molecular complexity index is 539. The lowest BCUT2D eigenvalue weighted by molar-refractivity contribution is -0.141. The molecule has 6 heteroatoms. The Labute approximate surface area is 124 Å². The Morgan fingerprint density at radius 1 is 1.29 bits per heavy atom. The van der Waals surface area contributed by atoms with Gasteiger partial charge in [-0.25, -0.2) is 0 Å². The van der Waals surface area contributed by atoms with Crippen molar-refractivity contribution in [2.75, 3.05) is 13.7 Å². The van der Waals surface area contributed by atoms with Gasteiger partial charge in [-0.3, -0.25) is 9.59 Å². The number of methoxy groups -OCH3 is 1. The van der Waals surface area contributed by atoms with Crippen molar-refractivity contribution in [2.24, 2.45) is 0 Å². The Morgan fingerprint density at radius 2 is 1.95 bits per heavy atom. The molecule has 0 aliphatic heterocycles. The number of hydrogen-bond donors (Lipinski definition) is 0. The molecule has 2 rings (SSSR count). The van der Waals surface area contributed by atoms with Crippen LogP contribution in [-0.4, -0.2) is 46.7 Å². The molecule has 114 valence electrons. The summed E-state index contributed by atoms with van der Waals surface area (Å²) in [6.07, 6.45) is 4.03. The Balaban J connectivity index is 2.28. The van der Waals surface area contributed by atoms with E-state index in [1.807, 2.05) is 0 Å². The highest BCUT2D eigenvalue weighted by atomic mass is 16.5. The summed E-state index contributed by atoms with van der Waals surface area (Å²) >= 11 is 0. The maximum atomic E-state index is 12.8. The maximum absolute atomic E-state index is 12.8. The van der Waals surface area contributed by atoms with Crippen LogP contribution < -0.4 is 0 Å². The van der Waals surface area contributed by atoms with Crippen LogP contribution in [0.15, 0.2) is 6.07 Å². The van der Waals surface area contributed by atoms with E-state index in [1.54, 1.807) is 24.8 Å². The van der Waals surface area contributed by atoms with Gasteiger partial charge in [-0.05, 0) is 32.8 Å². The van der Waals surface area contributed by atoms with Gasteiger partial charge in [0.15, 0.2) is 0 Å². The molecule has 0 radical (unpaired) electrons. The van der Waals surface area contributed by atoms with Crippen LogP contribution in [0.1, 0.15) is 47.4 Å². The van der Waals surface area contributed by atoms with Gasteiger partial charge in [-0.2, -0.15) is 10.2 Å². The van der Waals surface area contributed by atoms with Gasteiger partial charge in [0.05, 0.1) is 24.1 Å². The zero-order valence-corrected chi connectivity index (χ0v) is 12.8. The molecule has 0 N–H and O–H groups in total. The number of aryl methyl sites for hydroxylation is 2. The lowest BCUT2D eigenvalue weighted by Gasteiger charge is -2.28.